The van der Waals surface area contributed by atoms with Gasteiger partial charge in [0, 0.05) is 18.7 Å². The zero-order valence-electron chi connectivity index (χ0n) is 13.4. The third-order valence-electron chi connectivity index (χ3n) is 3.63. The molecule has 0 bridgehead atoms. The highest BCUT2D eigenvalue weighted by atomic mass is 19.2. The van der Waals surface area contributed by atoms with Gasteiger partial charge in [-0.3, -0.25) is 0 Å². The molecule has 24 heavy (non-hydrogen) atoms. The van der Waals surface area contributed by atoms with E-state index in [1.54, 1.807) is 0 Å². The Kier molecular flexibility index (Phi) is 6.66. The molecule has 0 amide bonds. The van der Waals surface area contributed by atoms with Gasteiger partial charge in [0.25, 0.3) is 0 Å². The fraction of sp³-hybridized carbons (Fsp3) is 0.333. The molecule has 2 aromatic rings. The molecule has 2 atom stereocenters. The Hall–Kier alpha value is -2.02. The monoisotopic (exact) mass is 337 g/mol. The predicted molar refractivity (Wildman–Crippen MR) is 86.6 cm³/mol. The van der Waals surface area contributed by atoms with Crippen LogP contribution in [0.3, 0.4) is 0 Å². The van der Waals surface area contributed by atoms with Gasteiger partial charge in [-0.05, 0) is 30.2 Å². The summed E-state index contributed by atoms with van der Waals surface area (Å²) < 4.78 is 31.1. The molecule has 4 nitrogen and oxygen atoms in total. The Morgan fingerprint density at radius 2 is 1.92 bits per heavy atom. The van der Waals surface area contributed by atoms with Crippen molar-refractivity contribution in [1.82, 2.24) is 5.32 Å². The van der Waals surface area contributed by atoms with E-state index in [1.165, 1.54) is 6.07 Å². The van der Waals surface area contributed by atoms with Crippen molar-refractivity contribution in [2.45, 2.75) is 25.7 Å². The number of hydrogen-bond donors (Lipinski definition) is 3. The quantitative estimate of drug-likeness (QED) is 0.693. The van der Waals surface area contributed by atoms with Crippen molar-refractivity contribution in [2.75, 3.05) is 13.2 Å². The molecular formula is C18H21F2NO3. The van der Waals surface area contributed by atoms with E-state index in [2.05, 4.69) is 5.32 Å². The molecular weight excluding hydrogens is 316 g/mol. The van der Waals surface area contributed by atoms with Crippen molar-refractivity contribution < 1.29 is 23.7 Å². The second kappa shape index (κ2) is 8.73. The van der Waals surface area contributed by atoms with Crippen LogP contribution in [0.25, 0.3) is 0 Å². The summed E-state index contributed by atoms with van der Waals surface area (Å²) in [6.07, 6.45) is -0.804. The zero-order valence-corrected chi connectivity index (χ0v) is 13.4. The van der Waals surface area contributed by atoms with Crippen molar-refractivity contribution in [1.29, 1.82) is 0 Å². The fourth-order valence-electron chi connectivity index (χ4n) is 2.21. The second-order valence-corrected chi connectivity index (χ2v) is 5.57. The van der Waals surface area contributed by atoms with Crippen molar-refractivity contribution in [2.24, 2.45) is 0 Å². The molecule has 0 aliphatic heterocycles. The van der Waals surface area contributed by atoms with Crippen LogP contribution in [-0.4, -0.2) is 29.5 Å². The Morgan fingerprint density at radius 1 is 1.12 bits per heavy atom. The molecule has 0 aromatic heterocycles. The minimum atomic E-state index is -0.988. The first-order valence-corrected chi connectivity index (χ1v) is 7.68. The normalized spacial score (nSPS) is 13.5. The van der Waals surface area contributed by atoms with E-state index >= 15 is 0 Å². The molecule has 0 fully saturated rings. The SMILES string of the molecule is CC(NCC(O)COc1ccc(F)c(F)c1)c1cccc(CO)c1. The summed E-state index contributed by atoms with van der Waals surface area (Å²) in [5, 5.41) is 22.2. The Bertz CT molecular complexity index is 666. The number of benzene rings is 2. The van der Waals surface area contributed by atoms with Crippen LogP contribution in [0.1, 0.15) is 24.1 Å². The summed E-state index contributed by atoms with van der Waals surface area (Å²) in [5.41, 5.74) is 1.82. The first-order chi connectivity index (χ1) is 11.5. The second-order valence-electron chi connectivity index (χ2n) is 5.57. The van der Waals surface area contributed by atoms with Gasteiger partial charge in [-0.25, -0.2) is 8.78 Å². The van der Waals surface area contributed by atoms with Crippen LogP contribution in [-0.2, 0) is 6.61 Å². The van der Waals surface area contributed by atoms with E-state index in [4.69, 9.17) is 9.84 Å². The van der Waals surface area contributed by atoms with Crippen LogP contribution in [0, 0.1) is 11.6 Å². The minimum Gasteiger partial charge on any atom is -0.491 e. The average Bonchev–Trinajstić information content (AvgIpc) is 2.60. The van der Waals surface area contributed by atoms with Crippen LogP contribution in [0.15, 0.2) is 42.5 Å². The van der Waals surface area contributed by atoms with Crippen LogP contribution in [0.5, 0.6) is 5.75 Å². The van der Waals surface area contributed by atoms with Gasteiger partial charge in [-0.15, -0.1) is 0 Å². The molecule has 2 unspecified atom stereocenters. The average molecular weight is 337 g/mol. The number of halogens is 2. The number of rotatable bonds is 8. The van der Waals surface area contributed by atoms with E-state index < -0.39 is 17.7 Å². The topological polar surface area (TPSA) is 61.7 Å². The lowest BCUT2D eigenvalue weighted by molar-refractivity contribution is 0.104. The third kappa shape index (κ3) is 5.26. The smallest absolute Gasteiger partial charge is 0.162 e. The first-order valence-electron chi connectivity index (χ1n) is 7.68. The highest BCUT2D eigenvalue weighted by Crippen LogP contribution is 2.16. The highest BCUT2D eigenvalue weighted by Gasteiger charge is 2.11. The lowest BCUT2D eigenvalue weighted by atomic mass is 10.1. The maximum absolute atomic E-state index is 13.1. The highest BCUT2D eigenvalue weighted by molar-refractivity contribution is 5.25. The summed E-state index contributed by atoms with van der Waals surface area (Å²) in [6, 6.07) is 10.7. The summed E-state index contributed by atoms with van der Waals surface area (Å²) >= 11 is 0. The largest absolute Gasteiger partial charge is 0.491 e. The molecule has 0 saturated heterocycles. The molecule has 0 heterocycles. The molecule has 0 aliphatic rings. The molecule has 2 aromatic carbocycles. The van der Waals surface area contributed by atoms with Gasteiger partial charge in [0.15, 0.2) is 11.6 Å². The van der Waals surface area contributed by atoms with E-state index in [1.807, 2.05) is 31.2 Å². The maximum atomic E-state index is 13.1. The van der Waals surface area contributed by atoms with Gasteiger partial charge in [-0.2, -0.15) is 0 Å². The number of hydrogen-bond acceptors (Lipinski definition) is 4. The Labute approximate surface area is 139 Å². The van der Waals surface area contributed by atoms with Crippen molar-refractivity contribution in [3.05, 3.63) is 65.2 Å². The molecule has 2 rings (SSSR count). The molecule has 3 N–H and O–H groups in total. The van der Waals surface area contributed by atoms with Crippen LogP contribution in [0.4, 0.5) is 8.78 Å². The van der Waals surface area contributed by atoms with Crippen LogP contribution in [0.2, 0.25) is 0 Å². The van der Waals surface area contributed by atoms with Crippen LogP contribution < -0.4 is 10.1 Å². The fourth-order valence-corrected chi connectivity index (χ4v) is 2.21. The lowest BCUT2D eigenvalue weighted by Crippen LogP contribution is -2.33. The molecule has 0 aliphatic carbocycles. The maximum Gasteiger partial charge on any atom is 0.162 e. The van der Waals surface area contributed by atoms with Gasteiger partial charge in [0.1, 0.15) is 18.5 Å². The number of aliphatic hydroxyl groups excluding tert-OH is 2. The van der Waals surface area contributed by atoms with E-state index in [-0.39, 0.29) is 31.5 Å². The predicted octanol–water partition coefficient (Wildman–Crippen LogP) is 2.55. The lowest BCUT2D eigenvalue weighted by Gasteiger charge is -2.18. The third-order valence-corrected chi connectivity index (χ3v) is 3.63. The van der Waals surface area contributed by atoms with Gasteiger partial charge in [0.05, 0.1) is 6.61 Å². The minimum absolute atomic E-state index is 0.0191. The Balaban J connectivity index is 1.79. The summed E-state index contributed by atoms with van der Waals surface area (Å²) in [6.45, 7) is 2.15. The number of ether oxygens (including phenoxy) is 1. The van der Waals surface area contributed by atoms with E-state index in [0.717, 1.165) is 23.3 Å². The van der Waals surface area contributed by atoms with Gasteiger partial charge >= 0.3 is 0 Å². The van der Waals surface area contributed by atoms with Crippen molar-refractivity contribution in [3.63, 3.8) is 0 Å². The first kappa shape index (κ1) is 18.3. The van der Waals surface area contributed by atoms with E-state index in [0.29, 0.717) is 0 Å². The van der Waals surface area contributed by atoms with Crippen LogP contribution >= 0.6 is 0 Å². The van der Waals surface area contributed by atoms with Crippen molar-refractivity contribution >= 4 is 0 Å². The van der Waals surface area contributed by atoms with Gasteiger partial charge < -0.3 is 20.3 Å². The van der Waals surface area contributed by atoms with Gasteiger partial charge in [0.2, 0.25) is 0 Å². The summed E-state index contributed by atoms with van der Waals surface area (Å²) in [4.78, 5) is 0. The standard InChI is InChI=1S/C18H21F2NO3/c1-12(14-4-2-3-13(7-14)10-22)21-9-15(23)11-24-16-5-6-17(19)18(20)8-16/h2-8,12,15,21-23H,9-11H2,1H3. The zero-order chi connectivity index (χ0) is 17.5. The van der Waals surface area contributed by atoms with Gasteiger partial charge in [-0.1, -0.05) is 24.3 Å². The molecule has 0 saturated carbocycles. The molecule has 6 heteroatoms. The number of nitrogens with one attached hydrogen (secondary N) is 1. The molecule has 0 spiro atoms. The molecule has 0 radical (unpaired) electrons. The molecule has 130 valence electrons. The Morgan fingerprint density at radius 3 is 2.62 bits per heavy atom. The summed E-state index contributed by atoms with van der Waals surface area (Å²) in [7, 11) is 0. The van der Waals surface area contributed by atoms with Crippen molar-refractivity contribution in [3.8, 4) is 5.75 Å². The van der Waals surface area contributed by atoms with E-state index in [9.17, 15) is 13.9 Å². The summed E-state index contributed by atoms with van der Waals surface area (Å²) in [5.74, 6) is -1.77. The number of aliphatic hydroxyl groups is 2.